The summed E-state index contributed by atoms with van der Waals surface area (Å²) in [5, 5.41) is 0. The summed E-state index contributed by atoms with van der Waals surface area (Å²) in [6, 6.07) is 0. The van der Waals surface area contributed by atoms with Gasteiger partial charge in [-0.3, -0.25) is 4.84 Å². The molecule has 0 heterocycles. The Morgan fingerprint density at radius 1 is 1.07 bits per heavy atom. The van der Waals surface area contributed by atoms with Gasteiger partial charge in [0.25, 0.3) is 0 Å². The highest BCUT2D eigenvalue weighted by atomic mass is 32.2. The van der Waals surface area contributed by atoms with Gasteiger partial charge in [-0.1, -0.05) is 0 Å². The molecule has 5 heteroatoms. The van der Waals surface area contributed by atoms with Crippen LogP contribution in [-0.2, 0) is 14.7 Å². The normalized spacial score (nSPS) is 14.3. The molecule has 0 aromatic heterocycles. The molecule has 0 saturated heterocycles. The van der Waals surface area contributed by atoms with Crippen molar-refractivity contribution in [1.82, 2.24) is 5.48 Å². The van der Waals surface area contributed by atoms with Crippen molar-refractivity contribution in [3.8, 4) is 0 Å². The quantitative estimate of drug-likeness (QED) is 0.595. The molecule has 4 nitrogen and oxygen atoms in total. The van der Waals surface area contributed by atoms with E-state index in [-0.39, 0.29) is 11.4 Å². The number of rotatable bonds is 4. The summed E-state index contributed by atoms with van der Waals surface area (Å²) in [5.41, 5.74) is 2.37. The monoisotopic (exact) mass is 237 g/mol. The van der Waals surface area contributed by atoms with Gasteiger partial charge in [0.05, 0.1) is 16.1 Å². The van der Waals surface area contributed by atoms with Gasteiger partial charge in [-0.2, -0.15) is 0 Å². The number of hydrogen-bond acceptors (Lipinski definition) is 4. The second kappa shape index (κ2) is 4.80. The topological polar surface area (TPSA) is 55.4 Å². The maximum atomic E-state index is 11.7. The number of hydroxylamine groups is 1. The first-order chi connectivity index (χ1) is 6.46. The number of nitrogens with one attached hydrogen (secondary N) is 1. The molecule has 0 aromatic carbocycles. The Morgan fingerprint density at radius 3 is 1.87 bits per heavy atom. The molecule has 0 spiro atoms. The van der Waals surface area contributed by atoms with Gasteiger partial charge in [-0.15, -0.1) is 0 Å². The van der Waals surface area contributed by atoms with Crippen LogP contribution in [0.4, 0.5) is 0 Å². The molecule has 92 valence electrons. The zero-order valence-electron chi connectivity index (χ0n) is 10.5. The van der Waals surface area contributed by atoms with Crippen LogP contribution in [0.3, 0.4) is 0 Å². The third-order valence-corrected chi connectivity index (χ3v) is 4.39. The number of sulfone groups is 1. The molecule has 0 bridgehead atoms. The minimum atomic E-state index is -3.06. The fourth-order valence-electron chi connectivity index (χ4n) is 0.750. The van der Waals surface area contributed by atoms with E-state index in [0.717, 1.165) is 0 Å². The van der Waals surface area contributed by atoms with E-state index >= 15 is 0 Å². The lowest BCUT2D eigenvalue weighted by atomic mass is 10.2. The smallest absolute Gasteiger partial charge is 0.156 e. The Morgan fingerprint density at radius 2 is 1.53 bits per heavy atom. The van der Waals surface area contributed by atoms with Gasteiger partial charge >= 0.3 is 0 Å². The second-order valence-corrected chi connectivity index (χ2v) is 8.40. The van der Waals surface area contributed by atoms with Crippen molar-refractivity contribution in [2.24, 2.45) is 0 Å². The molecule has 15 heavy (non-hydrogen) atoms. The van der Waals surface area contributed by atoms with Crippen molar-refractivity contribution in [1.29, 1.82) is 0 Å². The van der Waals surface area contributed by atoms with E-state index in [1.54, 1.807) is 20.8 Å². The Labute approximate surface area is 93.3 Å². The Bertz CT molecular complexity index is 283. The fraction of sp³-hybridized carbons (Fsp3) is 1.00. The van der Waals surface area contributed by atoms with Gasteiger partial charge in [0.2, 0.25) is 0 Å². The average molecular weight is 237 g/mol. The van der Waals surface area contributed by atoms with Crippen molar-refractivity contribution < 1.29 is 13.3 Å². The molecule has 0 aliphatic carbocycles. The summed E-state index contributed by atoms with van der Waals surface area (Å²) in [7, 11) is -3.06. The Hall–Kier alpha value is -0.130. The van der Waals surface area contributed by atoms with Gasteiger partial charge in [-0.05, 0) is 41.5 Å². The summed E-state index contributed by atoms with van der Waals surface area (Å²) in [5.74, 6) is 0.0899. The van der Waals surface area contributed by atoms with Crippen molar-refractivity contribution >= 4 is 9.84 Å². The molecule has 1 N–H and O–H groups in total. The second-order valence-electron chi connectivity index (χ2n) is 5.54. The summed E-state index contributed by atoms with van der Waals surface area (Å²) < 4.78 is 22.7. The zero-order chi connectivity index (χ0) is 12.3. The highest BCUT2D eigenvalue weighted by molar-refractivity contribution is 7.92. The van der Waals surface area contributed by atoms with Crippen molar-refractivity contribution in [2.45, 2.75) is 51.9 Å². The minimum absolute atomic E-state index is 0.0899. The lowest BCUT2D eigenvalue weighted by Gasteiger charge is -2.22. The van der Waals surface area contributed by atoms with Crippen LogP contribution >= 0.6 is 0 Å². The lowest BCUT2D eigenvalue weighted by Crippen LogP contribution is -2.37. The van der Waals surface area contributed by atoms with Crippen LogP contribution in [0.1, 0.15) is 41.5 Å². The molecule has 0 unspecified atom stereocenters. The number of hydrogen-bond donors (Lipinski definition) is 1. The van der Waals surface area contributed by atoms with E-state index in [1.165, 1.54) is 0 Å². The molecule has 0 aliphatic heterocycles. The minimum Gasteiger partial charge on any atom is -0.296 e. The van der Waals surface area contributed by atoms with E-state index in [1.807, 2.05) is 20.8 Å². The molecule has 0 fully saturated rings. The van der Waals surface area contributed by atoms with Crippen LogP contribution in [0.5, 0.6) is 0 Å². The zero-order valence-corrected chi connectivity index (χ0v) is 11.4. The molecule has 0 rings (SSSR count). The van der Waals surface area contributed by atoms with E-state index < -0.39 is 14.6 Å². The van der Waals surface area contributed by atoms with Crippen LogP contribution in [0.25, 0.3) is 0 Å². The van der Waals surface area contributed by atoms with Crippen LogP contribution in [0.15, 0.2) is 0 Å². The molecule has 0 saturated carbocycles. The summed E-state index contributed by atoms with van der Waals surface area (Å²) in [6.45, 7) is 11.1. The molecule has 0 amide bonds. The van der Waals surface area contributed by atoms with E-state index in [9.17, 15) is 8.42 Å². The van der Waals surface area contributed by atoms with Crippen molar-refractivity contribution in [3.05, 3.63) is 0 Å². The SMILES string of the molecule is CC(C)(C)ONCCS(=O)(=O)C(C)(C)C. The van der Waals surface area contributed by atoms with E-state index in [2.05, 4.69) is 5.48 Å². The highest BCUT2D eigenvalue weighted by Crippen LogP contribution is 2.15. The lowest BCUT2D eigenvalue weighted by molar-refractivity contribution is -0.0699. The maximum absolute atomic E-state index is 11.7. The average Bonchev–Trinajstić information content (AvgIpc) is 1.94. The molecule has 0 atom stereocenters. The predicted octanol–water partition coefficient (Wildman–Crippen LogP) is 1.52. The first-order valence-corrected chi connectivity index (χ1v) is 6.74. The van der Waals surface area contributed by atoms with Gasteiger partial charge in [-0.25, -0.2) is 13.9 Å². The first kappa shape index (κ1) is 14.9. The van der Waals surface area contributed by atoms with Crippen molar-refractivity contribution in [3.63, 3.8) is 0 Å². The largest absolute Gasteiger partial charge is 0.296 e. The van der Waals surface area contributed by atoms with Crippen molar-refractivity contribution in [2.75, 3.05) is 12.3 Å². The molecule has 0 aromatic rings. The summed E-state index contributed by atoms with van der Waals surface area (Å²) in [4.78, 5) is 5.22. The fourth-order valence-corrected chi connectivity index (χ4v) is 1.71. The first-order valence-electron chi connectivity index (χ1n) is 5.09. The third-order valence-electron chi connectivity index (χ3n) is 1.78. The Kier molecular flexibility index (Phi) is 4.76. The van der Waals surface area contributed by atoms with Crippen LogP contribution in [0, 0.1) is 0 Å². The van der Waals surface area contributed by atoms with Gasteiger partial charge in [0.15, 0.2) is 9.84 Å². The maximum Gasteiger partial charge on any atom is 0.156 e. The molecule has 0 aliphatic rings. The third kappa shape index (κ3) is 6.12. The molecule has 0 radical (unpaired) electrons. The van der Waals surface area contributed by atoms with Crippen LogP contribution in [0.2, 0.25) is 0 Å². The van der Waals surface area contributed by atoms with Crippen LogP contribution in [-0.4, -0.2) is 31.1 Å². The molecular formula is C10H23NO3S. The van der Waals surface area contributed by atoms with Gasteiger partial charge in [0, 0.05) is 6.54 Å². The standard InChI is InChI=1S/C10H23NO3S/c1-9(2,3)14-11-7-8-15(12,13)10(4,5)6/h11H,7-8H2,1-6H3. The summed E-state index contributed by atoms with van der Waals surface area (Å²) in [6.07, 6.45) is 0. The van der Waals surface area contributed by atoms with Crippen LogP contribution < -0.4 is 5.48 Å². The predicted molar refractivity (Wildman–Crippen MR) is 62.4 cm³/mol. The highest BCUT2D eigenvalue weighted by Gasteiger charge is 2.28. The summed E-state index contributed by atoms with van der Waals surface area (Å²) >= 11 is 0. The van der Waals surface area contributed by atoms with Gasteiger partial charge < -0.3 is 0 Å². The van der Waals surface area contributed by atoms with E-state index in [4.69, 9.17) is 4.84 Å². The van der Waals surface area contributed by atoms with E-state index in [0.29, 0.717) is 6.54 Å². The van der Waals surface area contributed by atoms with Gasteiger partial charge in [0.1, 0.15) is 0 Å². The Balaban J connectivity index is 3.99. The molecular weight excluding hydrogens is 214 g/mol.